The SMILES string of the molecule is Cc1ccc(-n2nc(C(=O)OCC(=O)c3ccc(Cl)cc3)nc2-c2ccc(Br)cc2)cc1C. The second kappa shape index (κ2) is 9.68. The lowest BCUT2D eigenvalue weighted by atomic mass is 10.1. The molecule has 0 saturated carbocycles. The van der Waals surface area contributed by atoms with Crippen LogP contribution in [0.25, 0.3) is 17.1 Å². The average Bonchev–Trinajstić information content (AvgIpc) is 3.25. The summed E-state index contributed by atoms with van der Waals surface area (Å²) in [5.74, 6) is -0.767. The third-order valence-electron chi connectivity index (χ3n) is 5.13. The van der Waals surface area contributed by atoms with E-state index in [-0.39, 0.29) is 11.6 Å². The molecule has 33 heavy (non-hydrogen) atoms. The molecule has 0 amide bonds. The van der Waals surface area contributed by atoms with Gasteiger partial charge in [0.2, 0.25) is 0 Å². The van der Waals surface area contributed by atoms with Crippen molar-refractivity contribution in [3.05, 3.63) is 98.7 Å². The summed E-state index contributed by atoms with van der Waals surface area (Å²) in [6.07, 6.45) is 0. The number of esters is 1. The van der Waals surface area contributed by atoms with Crippen LogP contribution in [0.2, 0.25) is 5.02 Å². The van der Waals surface area contributed by atoms with Crippen molar-refractivity contribution in [2.24, 2.45) is 0 Å². The number of aromatic nitrogens is 3. The zero-order valence-electron chi connectivity index (χ0n) is 17.9. The first-order chi connectivity index (χ1) is 15.8. The number of ether oxygens (including phenoxy) is 1. The molecule has 0 unspecified atom stereocenters. The highest BCUT2D eigenvalue weighted by molar-refractivity contribution is 9.10. The van der Waals surface area contributed by atoms with Gasteiger partial charge in [0.1, 0.15) is 0 Å². The Morgan fingerprint density at radius 1 is 0.970 bits per heavy atom. The van der Waals surface area contributed by atoms with Gasteiger partial charge < -0.3 is 4.74 Å². The summed E-state index contributed by atoms with van der Waals surface area (Å²) in [6, 6.07) is 19.8. The van der Waals surface area contributed by atoms with Crippen LogP contribution in [0, 0.1) is 13.8 Å². The summed E-state index contributed by atoms with van der Waals surface area (Å²) in [4.78, 5) is 29.5. The lowest BCUT2D eigenvalue weighted by molar-refractivity contribution is 0.0462. The molecule has 4 rings (SSSR count). The molecule has 0 atom stereocenters. The molecule has 0 spiro atoms. The van der Waals surface area contributed by atoms with Crippen molar-refractivity contribution in [2.45, 2.75) is 13.8 Å². The molecule has 1 heterocycles. The van der Waals surface area contributed by atoms with Crippen molar-refractivity contribution in [2.75, 3.05) is 6.61 Å². The zero-order chi connectivity index (χ0) is 23.5. The van der Waals surface area contributed by atoms with Gasteiger partial charge in [0.05, 0.1) is 5.69 Å². The van der Waals surface area contributed by atoms with Gasteiger partial charge in [0, 0.05) is 20.6 Å². The van der Waals surface area contributed by atoms with E-state index in [2.05, 4.69) is 26.0 Å². The molecule has 0 fully saturated rings. The van der Waals surface area contributed by atoms with Crippen LogP contribution in [0.1, 0.15) is 32.1 Å². The van der Waals surface area contributed by atoms with Gasteiger partial charge in [-0.25, -0.2) is 14.5 Å². The van der Waals surface area contributed by atoms with E-state index in [1.54, 1.807) is 28.9 Å². The highest BCUT2D eigenvalue weighted by atomic mass is 79.9. The number of nitrogens with zero attached hydrogens (tertiary/aromatic N) is 3. The van der Waals surface area contributed by atoms with E-state index in [4.69, 9.17) is 16.3 Å². The number of ketones is 1. The number of hydrogen-bond donors (Lipinski definition) is 0. The summed E-state index contributed by atoms with van der Waals surface area (Å²) in [7, 11) is 0. The van der Waals surface area contributed by atoms with E-state index < -0.39 is 12.6 Å². The average molecular weight is 525 g/mol. The van der Waals surface area contributed by atoms with E-state index in [9.17, 15) is 9.59 Å². The smallest absolute Gasteiger partial charge is 0.378 e. The first kappa shape index (κ1) is 22.9. The van der Waals surface area contributed by atoms with Crippen molar-refractivity contribution in [1.29, 1.82) is 0 Å². The van der Waals surface area contributed by atoms with Crippen molar-refractivity contribution in [3.8, 4) is 17.1 Å². The number of halogens is 2. The molecular formula is C25H19BrClN3O3. The molecule has 6 nitrogen and oxygen atoms in total. The fourth-order valence-corrected chi connectivity index (χ4v) is 3.53. The number of carbonyl (C=O) groups is 2. The highest BCUT2D eigenvalue weighted by Crippen LogP contribution is 2.24. The zero-order valence-corrected chi connectivity index (χ0v) is 20.2. The molecule has 4 aromatic rings. The second-order valence-electron chi connectivity index (χ2n) is 7.45. The molecule has 0 radical (unpaired) electrons. The molecule has 0 aliphatic carbocycles. The van der Waals surface area contributed by atoms with Gasteiger partial charge in [-0.1, -0.05) is 45.7 Å². The maximum atomic E-state index is 12.7. The van der Waals surface area contributed by atoms with Gasteiger partial charge in [-0.05, 0) is 73.5 Å². The van der Waals surface area contributed by atoms with Crippen molar-refractivity contribution < 1.29 is 14.3 Å². The Labute approximate surface area is 204 Å². The summed E-state index contributed by atoms with van der Waals surface area (Å²) in [6.45, 7) is 3.61. The van der Waals surface area contributed by atoms with Crippen molar-refractivity contribution >= 4 is 39.3 Å². The minimum Gasteiger partial charge on any atom is -0.451 e. The van der Waals surface area contributed by atoms with E-state index in [1.165, 1.54) is 0 Å². The van der Waals surface area contributed by atoms with Crippen LogP contribution in [-0.2, 0) is 4.74 Å². The van der Waals surface area contributed by atoms with Crippen molar-refractivity contribution in [3.63, 3.8) is 0 Å². The van der Waals surface area contributed by atoms with Crippen LogP contribution in [-0.4, -0.2) is 33.1 Å². The molecule has 0 bridgehead atoms. The third kappa shape index (κ3) is 5.21. The largest absolute Gasteiger partial charge is 0.451 e. The van der Waals surface area contributed by atoms with Crippen LogP contribution in [0.15, 0.2) is 71.2 Å². The first-order valence-electron chi connectivity index (χ1n) is 10.1. The highest BCUT2D eigenvalue weighted by Gasteiger charge is 2.21. The maximum absolute atomic E-state index is 12.7. The summed E-state index contributed by atoms with van der Waals surface area (Å²) in [5.41, 5.74) is 4.17. The molecular weight excluding hydrogens is 506 g/mol. The van der Waals surface area contributed by atoms with E-state index in [0.29, 0.717) is 16.4 Å². The Morgan fingerprint density at radius 2 is 1.67 bits per heavy atom. The van der Waals surface area contributed by atoms with E-state index in [0.717, 1.165) is 26.9 Å². The third-order valence-corrected chi connectivity index (χ3v) is 5.91. The molecule has 166 valence electrons. The van der Waals surface area contributed by atoms with Crippen LogP contribution in [0.4, 0.5) is 0 Å². The van der Waals surface area contributed by atoms with Gasteiger partial charge in [0.25, 0.3) is 5.82 Å². The Bertz CT molecular complexity index is 1330. The van der Waals surface area contributed by atoms with Crippen LogP contribution in [0.3, 0.4) is 0 Å². The molecule has 0 saturated heterocycles. The fraction of sp³-hybridized carbons (Fsp3) is 0.120. The molecule has 1 aromatic heterocycles. The number of Topliss-reactive ketones (excluding diaryl/α,β-unsaturated/α-hetero) is 1. The quantitative estimate of drug-likeness (QED) is 0.228. The van der Waals surface area contributed by atoms with Gasteiger partial charge >= 0.3 is 5.97 Å². The monoisotopic (exact) mass is 523 g/mol. The lowest BCUT2D eigenvalue weighted by Crippen LogP contribution is -2.15. The topological polar surface area (TPSA) is 74.1 Å². The Morgan fingerprint density at radius 3 is 2.33 bits per heavy atom. The van der Waals surface area contributed by atoms with E-state index in [1.807, 2.05) is 56.3 Å². The molecule has 0 aliphatic heterocycles. The number of rotatable bonds is 6. The number of carbonyl (C=O) groups excluding carboxylic acids is 2. The summed E-state index contributed by atoms with van der Waals surface area (Å²) in [5, 5.41) is 4.92. The Kier molecular flexibility index (Phi) is 6.72. The lowest BCUT2D eigenvalue weighted by Gasteiger charge is -2.08. The molecule has 0 N–H and O–H groups in total. The summed E-state index contributed by atoms with van der Waals surface area (Å²) < 4.78 is 7.73. The van der Waals surface area contributed by atoms with E-state index >= 15 is 0 Å². The first-order valence-corrected chi connectivity index (χ1v) is 11.3. The molecule has 3 aromatic carbocycles. The standard InChI is InChI=1S/C25H19BrClN3O3/c1-15-3-12-21(13-16(15)2)30-24(18-4-8-19(26)9-5-18)28-23(29-30)25(32)33-14-22(31)17-6-10-20(27)11-7-17/h3-13H,14H2,1-2H3. The van der Waals surface area contributed by atoms with Gasteiger partial charge in [-0.3, -0.25) is 4.79 Å². The van der Waals surface area contributed by atoms with Gasteiger partial charge in [-0.2, -0.15) is 0 Å². The Hall–Kier alpha value is -3.29. The van der Waals surface area contributed by atoms with Gasteiger partial charge in [0.15, 0.2) is 18.2 Å². The van der Waals surface area contributed by atoms with Crippen LogP contribution < -0.4 is 0 Å². The second-order valence-corrected chi connectivity index (χ2v) is 8.80. The number of aryl methyl sites for hydroxylation is 2. The Balaban J connectivity index is 1.63. The van der Waals surface area contributed by atoms with Gasteiger partial charge in [-0.15, -0.1) is 5.10 Å². The molecule has 0 aliphatic rings. The number of benzene rings is 3. The maximum Gasteiger partial charge on any atom is 0.378 e. The predicted molar refractivity (Wildman–Crippen MR) is 130 cm³/mol. The van der Waals surface area contributed by atoms with Crippen molar-refractivity contribution in [1.82, 2.24) is 14.8 Å². The minimum atomic E-state index is -0.779. The van der Waals surface area contributed by atoms with Crippen LogP contribution in [0.5, 0.6) is 0 Å². The van der Waals surface area contributed by atoms with Crippen LogP contribution >= 0.6 is 27.5 Å². The molecule has 8 heteroatoms. The number of hydrogen-bond acceptors (Lipinski definition) is 5. The normalized spacial score (nSPS) is 10.8. The summed E-state index contributed by atoms with van der Waals surface area (Å²) >= 11 is 9.28. The minimum absolute atomic E-state index is 0.130. The fourth-order valence-electron chi connectivity index (χ4n) is 3.14. The predicted octanol–water partition coefficient (Wildman–Crippen LogP) is 6.01.